The fourth-order valence-corrected chi connectivity index (χ4v) is 1.65. The van der Waals surface area contributed by atoms with Gasteiger partial charge in [0.15, 0.2) is 0 Å². The number of hydrogen-bond acceptors (Lipinski definition) is 4. The fourth-order valence-electron chi connectivity index (χ4n) is 1.65. The molecule has 5 nitrogen and oxygen atoms in total. The molecule has 1 saturated heterocycles. The third-order valence-electron chi connectivity index (χ3n) is 2.46. The second-order valence-electron chi connectivity index (χ2n) is 3.74. The van der Waals surface area contributed by atoms with Crippen molar-refractivity contribution in [3.63, 3.8) is 0 Å². The Balaban J connectivity index is 1.88. The van der Waals surface area contributed by atoms with Gasteiger partial charge in [-0.3, -0.25) is 4.68 Å². The van der Waals surface area contributed by atoms with Crippen LogP contribution >= 0.6 is 0 Å². The molecule has 1 aromatic heterocycles. The summed E-state index contributed by atoms with van der Waals surface area (Å²) in [6.45, 7) is 1.64. The molecule has 2 heterocycles. The maximum atomic E-state index is 9.88. The lowest BCUT2D eigenvalue weighted by atomic mass is 10.1. The van der Waals surface area contributed by atoms with Crippen LogP contribution in [0, 0.1) is 0 Å². The van der Waals surface area contributed by atoms with Crippen LogP contribution in [0.4, 0.5) is 0 Å². The van der Waals surface area contributed by atoms with Gasteiger partial charge in [-0.1, -0.05) is 0 Å². The number of aliphatic hydroxyl groups excluding tert-OH is 1. The first kappa shape index (κ1) is 10.6. The number of aliphatic hydroxyl groups is 1. The Morgan fingerprint density at radius 2 is 2.53 bits per heavy atom. The first-order valence-electron chi connectivity index (χ1n) is 5.11. The van der Waals surface area contributed by atoms with E-state index in [0.29, 0.717) is 26.2 Å². The lowest BCUT2D eigenvalue weighted by Gasteiger charge is -2.26. The summed E-state index contributed by atoms with van der Waals surface area (Å²) in [6.07, 6.45) is 1.61. The number of hydrogen-bond donors (Lipinski definition) is 1. The predicted molar refractivity (Wildman–Crippen MR) is 53.5 cm³/mol. The van der Waals surface area contributed by atoms with Crippen molar-refractivity contribution in [3.8, 4) is 0 Å². The maximum absolute atomic E-state index is 9.88. The standard InChI is InChI=1S/C10H16N2O3/c1-12-3-2-8(11-12)6-9(13)10-7-14-4-5-15-10/h2-3,9-10,13H,4-7H2,1H3. The van der Waals surface area contributed by atoms with Crippen LogP contribution in [0.15, 0.2) is 12.3 Å². The Morgan fingerprint density at radius 3 is 3.13 bits per heavy atom. The zero-order valence-electron chi connectivity index (χ0n) is 8.80. The molecule has 1 aliphatic heterocycles. The van der Waals surface area contributed by atoms with E-state index < -0.39 is 6.10 Å². The summed E-state index contributed by atoms with van der Waals surface area (Å²) in [6, 6.07) is 1.90. The second-order valence-corrected chi connectivity index (χ2v) is 3.74. The van der Waals surface area contributed by atoms with Crippen LogP contribution in [-0.4, -0.2) is 46.9 Å². The second kappa shape index (κ2) is 4.74. The molecule has 0 spiro atoms. The van der Waals surface area contributed by atoms with E-state index in [1.807, 2.05) is 19.3 Å². The highest BCUT2D eigenvalue weighted by Crippen LogP contribution is 2.10. The summed E-state index contributed by atoms with van der Waals surface area (Å²) >= 11 is 0. The first-order valence-corrected chi connectivity index (χ1v) is 5.11. The molecule has 1 N–H and O–H groups in total. The zero-order chi connectivity index (χ0) is 10.7. The summed E-state index contributed by atoms with van der Waals surface area (Å²) in [5.41, 5.74) is 0.874. The van der Waals surface area contributed by atoms with Gasteiger partial charge in [-0.05, 0) is 6.07 Å². The summed E-state index contributed by atoms with van der Waals surface area (Å²) in [5.74, 6) is 0. The van der Waals surface area contributed by atoms with Crippen molar-refractivity contribution in [3.05, 3.63) is 18.0 Å². The largest absolute Gasteiger partial charge is 0.390 e. The van der Waals surface area contributed by atoms with Crippen molar-refractivity contribution in [1.82, 2.24) is 9.78 Å². The quantitative estimate of drug-likeness (QED) is 0.750. The van der Waals surface area contributed by atoms with E-state index in [4.69, 9.17) is 9.47 Å². The molecule has 0 aliphatic carbocycles. The third kappa shape index (κ3) is 2.77. The Morgan fingerprint density at radius 1 is 1.67 bits per heavy atom. The molecule has 5 heteroatoms. The van der Waals surface area contributed by atoms with Gasteiger partial charge < -0.3 is 14.6 Å². The van der Waals surface area contributed by atoms with Crippen molar-refractivity contribution in [2.75, 3.05) is 19.8 Å². The Labute approximate surface area is 88.6 Å². The Kier molecular flexibility index (Phi) is 3.35. The van der Waals surface area contributed by atoms with E-state index in [9.17, 15) is 5.11 Å². The van der Waals surface area contributed by atoms with E-state index in [2.05, 4.69) is 5.10 Å². The smallest absolute Gasteiger partial charge is 0.107 e. The molecule has 1 aromatic rings. The van der Waals surface area contributed by atoms with E-state index in [1.54, 1.807) is 4.68 Å². The van der Waals surface area contributed by atoms with Crippen molar-refractivity contribution in [2.24, 2.45) is 7.05 Å². The van der Waals surface area contributed by atoms with Gasteiger partial charge in [0.25, 0.3) is 0 Å². The van der Waals surface area contributed by atoms with E-state index >= 15 is 0 Å². The van der Waals surface area contributed by atoms with Crippen molar-refractivity contribution in [1.29, 1.82) is 0 Å². The molecule has 1 aliphatic rings. The van der Waals surface area contributed by atoms with Crippen molar-refractivity contribution < 1.29 is 14.6 Å². The van der Waals surface area contributed by atoms with Gasteiger partial charge in [0, 0.05) is 19.7 Å². The Hall–Kier alpha value is -0.910. The normalized spacial score (nSPS) is 24.0. The SMILES string of the molecule is Cn1ccc(CC(O)C2COCCO2)n1. The van der Waals surface area contributed by atoms with Crippen LogP contribution in [-0.2, 0) is 22.9 Å². The molecule has 15 heavy (non-hydrogen) atoms. The van der Waals surface area contributed by atoms with Gasteiger partial charge in [0.05, 0.1) is 31.6 Å². The lowest BCUT2D eigenvalue weighted by Crippen LogP contribution is -2.39. The molecule has 0 bridgehead atoms. The molecule has 2 atom stereocenters. The molecular weight excluding hydrogens is 196 g/mol. The van der Waals surface area contributed by atoms with E-state index in [1.165, 1.54) is 0 Å². The minimum atomic E-state index is -0.541. The van der Waals surface area contributed by atoms with Gasteiger partial charge in [0.2, 0.25) is 0 Å². The molecular formula is C10H16N2O3. The number of aromatic nitrogens is 2. The van der Waals surface area contributed by atoms with Crippen LogP contribution in [0.5, 0.6) is 0 Å². The number of nitrogens with zero attached hydrogens (tertiary/aromatic N) is 2. The summed E-state index contributed by atoms with van der Waals surface area (Å²) < 4.78 is 12.4. The summed E-state index contributed by atoms with van der Waals surface area (Å²) in [5, 5.41) is 14.1. The first-order chi connectivity index (χ1) is 7.25. The van der Waals surface area contributed by atoms with E-state index in [-0.39, 0.29) is 6.10 Å². The van der Waals surface area contributed by atoms with E-state index in [0.717, 1.165) is 5.69 Å². The topological polar surface area (TPSA) is 56.5 Å². The molecule has 0 amide bonds. The number of ether oxygens (including phenoxy) is 2. The monoisotopic (exact) mass is 212 g/mol. The Bertz CT molecular complexity index is 307. The van der Waals surface area contributed by atoms with Gasteiger partial charge in [0.1, 0.15) is 6.10 Å². The van der Waals surface area contributed by atoms with Gasteiger partial charge >= 0.3 is 0 Å². The average Bonchev–Trinajstić information content (AvgIpc) is 2.65. The summed E-state index contributed by atoms with van der Waals surface area (Å²) in [7, 11) is 1.86. The fraction of sp³-hybridized carbons (Fsp3) is 0.700. The lowest BCUT2D eigenvalue weighted by molar-refractivity contribution is -0.131. The van der Waals surface area contributed by atoms with Crippen LogP contribution in [0.25, 0.3) is 0 Å². The van der Waals surface area contributed by atoms with Crippen molar-refractivity contribution >= 4 is 0 Å². The average molecular weight is 212 g/mol. The number of rotatable bonds is 3. The molecule has 1 fully saturated rings. The third-order valence-corrected chi connectivity index (χ3v) is 2.46. The van der Waals surface area contributed by atoms with Crippen LogP contribution in [0.3, 0.4) is 0 Å². The molecule has 0 radical (unpaired) electrons. The van der Waals surface area contributed by atoms with Crippen LogP contribution in [0.1, 0.15) is 5.69 Å². The van der Waals surface area contributed by atoms with Gasteiger partial charge in [-0.15, -0.1) is 0 Å². The summed E-state index contributed by atoms with van der Waals surface area (Å²) in [4.78, 5) is 0. The van der Waals surface area contributed by atoms with Gasteiger partial charge in [-0.25, -0.2) is 0 Å². The number of aryl methyl sites for hydroxylation is 1. The van der Waals surface area contributed by atoms with Crippen LogP contribution in [0.2, 0.25) is 0 Å². The molecule has 0 saturated carbocycles. The highest BCUT2D eigenvalue weighted by molar-refractivity contribution is 5.01. The maximum Gasteiger partial charge on any atom is 0.107 e. The highest BCUT2D eigenvalue weighted by Gasteiger charge is 2.23. The molecule has 2 rings (SSSR count). The van der Waals surface area contributed by atoms with Crippen LogP contribution < -0.4 is 0 Å². The highest BCUT2D eigenvalue weighted by atomic mass is 16.6. The van der Waals surface area contributed by atoms with Crippen molar-refractivity contribution in [2.45, 2.75) is 18.6 Å². The zero-order valence-corrected chi connectivity index (χ0v) is 8.80. The molecule has 84 valence electrons. The molecule has 0 aromatic carbocycles. The minimum Gasteiger partial charge on any atom is -0.390 e. The predicted octanol–water partition coefficient (Wildman–Crippen LogP) is -0.261. The minimum absolute atomic E-state index is 0.222. The van der Waals surface area contributed by atoms with Gasteiger partial charge in [-0.2, -0.15) is 5.10 Å². The molecule has 2 unspecified atom stereocenters.